The minimum atomic E-state index is -0.226. The van der Waals surface area contributed by atoms with Crippen LogP contribution in [0.15, 0.2) is 48.5 Å². The number of carbonyl (C=O) groups is 2. The highest BCUT2D eigenvalue weighted by molar-refractivity contribution is 6.02. The summed E-state index contributed by atoms with van der Waals surface area (Å²) < 4.78 is 10.8. The molecule has 1 heterocycles. The second kappa shape index (κ2) is 7.47. The first-order valence-electron chi connectivity index (χ1n) is 8.43. The summed E-state index contributed by atoms with van der Waals surface area (Å²) in [5.74, 6) is 0.955. The Kier molecular flexibility index (Phi) is 5.11. The van der Waals surface area contributed by atoms with Crippen LogP contribution in [-0.2, 0) is 9.59 Å². The first kappa shape index (κ1) is 17.8. The van der Waals surface area contributed by atoms with Crippen LogP contribution in [0.4, 0.5) is 5.69 Å². The fourth-order valence-electron chi connectivity index (χ4n) is 3.01. The van der Waals surface area contributed by atoms with Gasteiger partial charge in [0.1, 0.15) is 18.0 Å². The van der Waals surface area contributed by atoms with Crippen LogP contribution in [0.3, 0.4) is 0 Å². The number of methoxy groups -OCH3 is 1. The van der Waals surface area contributed by atoms with Crippen molar-refractivity contribution >= 4 is 17.5 Å². The topological polar surface area (TPSA) is 59.1 Å². The van der Waals surface area contributed by atoms with Gasteiger partial charge in [0.15, 0.2) is 6.61 Å². The lowest BCUT2D eigenvalue weighted by Gasteiger charge is -2.32. The second-order valence-electron chi connectivity index (χ2n) is 6.16. The summed E-state index contributed by atoms with van der Waals surface area (Å²) in [6.07, 6.45) is 0. The van der Waals surface area contributed by atoms with E-state index < -0.39 is 0 Å². The summed E-state index contributed by atoms with van der Waals surface area (Å²) in [7, 11) is 3.34. The Hall–Kier alpha value is -3.02. The highest BCUT2D eigenvalue weighted by Gasteiger charge is 2.29. The smallest absolute Gasteiger partial charge is 0.265 e. The average molecular weight is 354 g/mol. The number of anilines is 1. The molecule has 6 heteroatoms. The average Bonchev–Trinajstić information content (AvgIpc) is 2.68. The number of ether oxygens (including phenoxy) is 2. The first-order valence-corrected chi connectivity index (χ1v) is 8.43. The second-order valence-corrected chi connectivity index (χ2v) is 6.16. The van der Waals surface area contributed by atoms with Crippen LogP contribution in [0.5, 0.6) is 11.5 Å². The third kappa shape index (κ3) is 3.35. The molecule has 2 aromatic rings. The Bertz CT molecular complexity index is 821. The van der Waals surface area contributed by atoms with E-state index in [1.807, 2.05) is 43.3 Å². The number of nitrogens with zero attached hydrogens (tertiary/aromatic N) is 2. The van der Waals surface area contributed by atoms with Crippen LogP contribution in [0.1, 0.15) is 18.5 Å². The van der Waals surface area contributed by atoms with Gasteiger partial charge in [-0.15, -0.1) is 0 Å². The molecule has 0 saturated heterocycles. The molecule has 1 aliphatic rings. The zero-order chi connectivity index (χ0) is 18.7. The highest BCUT2D eigenvalue weighted by Crippen LogP contribution is 2.32. The Morgan fingerprint density at radius 3 is 2.69 bits per heavy atom. The van der Waals surface area contributed by atoms with Crippen molar-refractivity contribution in [2.24, 2.45) is 0 Å². The fraction of sp³-hybridized carbons (Fsp3) is 0.300. The number of carbonyl (C=O) groups excluding carboxylic acids is 2. The van der Waals surface area contributed by atoms with Crippen molar-refractivity contribution in [3.8, 4) is 11.5 Å². The molecule has 0 aliphatic carbocycles. The van der Waals surface area contributed by atoms with Crippen LogP contribution >= 0.6 is 0 Å². The van der Waals surface area contributed by atoms with Gasteiger partial charge in [-0.2, -0.15) is 0 Å². The molecule has 2 aromatic carbocycles. The number of fused-ring (bicyclic) bond motifs is 1. The summed E-state index contributed by atoms with van der Waals surface area (Å²) in [5.41, 5.74) is 1.54. The van der Waals surface area contributed by atoms with E-state index >= 15 is 0 Å². The standard InChI is InChI=1S/C20H22N2O4/c1-14(15-8-4-6-10-17(15)25-3)21(2)19(23)12-22-16-9-5-7-11-18(16)26-13-20(22)24/h4-11,14H,12-13H2,1-3H3. The summed E-state index contributed by atoms with van der Waals surface area (Å²) in [6, 6.07) is 14.6. The molecule has 2 amide bonds. The molecule has 1 aliphatic heterocycles. The van der Waals surface area contributed by atoms with E-state index in [0.717, 1.165) is 11.3 Å². The molecule has 0 bridgehead atoms. The lowest BCUT2D eigenvalue weighted by Crippen LogP contribution is -2.46. The van der Waals surface area contributed by atoms with Gasteiger partial charge < -0.3 is 14.4 Å². The van der Waals surface area contributed by atoms with Gasteiger partial charge in [0.2, 0.25) is 5.91 Å². The maximum atomic E-state index is 12.8. The van der Waals surface area contributed by atoms with Gasteiger partial charge >= 0.3 is 0 Å². The minimum absolute atomic E-state index is 0.0325. The molecular formula is C20H22N2O4. The highest BCUT2D eigenvalue weighted by atomic mass is 16.5. The summed E-state index contributed by atoms with van der Waals surface area (Å²) in [4.78, 5) is 28.2. The maximum absolute atomic E-state index is 12.8. The van der Waals surface area contributed by atoms with Crippen LogP contribution in [0.25, 0.3) is 0 Å². The molecule has 3 rings (SSSR count). The third-order valence-corrected chi connectivity index (χ3v) is 4.66. The molecule has 1 atom stereocenters. The van der Waals surface area contributed by atoms with Crippen molar-refractivity contribution in [1.29, 1.82) is 0 Å². The van der Waals surface area contributed by atoms with Crippen molar-refractivity contribution in [2.45, 2.75) is 13.0 Å². The van der Waals surface area contributed by atoms with Crippen LogP contribution in [0.2, 0.25) is 0 Å². The van der Waals surface area contributed by atoms with Gasteiger partial charge in [-0.25, -0.2) is 0 Å². The first-order chi connectivity index (χ1) is 12.5. The van der Waals surface area contributed by atoms with E-state index in [-0.39, 0.29) is 31.0 Å². The largest absolute Gasteiger partial charge is 0.496 e. The Labute approximate surface area is 152 Å². The Morgan fingerprint density at radius 1 is 1.23 bits per heavy atom. The summed E-state index contributed by atoms with van der Waals surface area (Å²) >= 11 is 0. The summed E-state index contributed by atoms with van der Waals surface area (Å²) in [5, 5.41) is 0. The molecule has 0 saturated carbocycles. The van der Waals surface area contributed by atoms with Crippen molar-refractivity contribution in [3.05, 3.63) is 54.1 Å². The lowest BCUT2D eigenvalue weighted by molar-refractivity contribution is -0.132. The van der Waals surface area contributed by atoms with Crippen LogP contribution < -0.4 is 14.4 Å². The van der Waals surface area contributed by atoms with E-state index in [1.54, 1.807) is 31.2 Å². The maximum Gasteiger partial charge on any atom is 0.265 e. The molecule has 0 aromatic heterocycles. The Morgan fingerprint density at radius 2 is 1.92 bits per heavy atom. The number of hydrogen-bond donors (Lipinski definition) is 0. The van der Waals surface area contributed by atoms with E-state index in [0.29, 0.717) is 11.4 Å². The molecule has 1 unspecified atom stereocenters. The van der Waals surface area contributed by atoms with E-state index in [9.17, 15) is 9.59 Å². The quantitative estimate of drug-likeness (QED) is 0.828. The van der Waals surface area contributed by atoms with Crippen molar-refractivity contribution in [2.75, 3.05) is 32.2 Å². The number of likely N-dealkylation sites (N-methyl/N-ethyl adjacent to an activating group) is 1. The van der Waals surface area contributed by atoms with Crippen molar-refractivity contribution in [3.63, 3.8) is 0 Å². The molecule has 136 valence electrons. The van der Waals surface area contributed by atoms with E-state index in [2.05, 4.69) is 0 Å². The fourth-order valence-corrected chi connectivity index (χ4v) is 3.01. The number of para-hydroxylation sites is 3. The van der Waals surface area contributed by atoms with E-state index in [4.69, 9.17) is 9.47 Å². The predicted octanol–water partition coefficient (Wildman–Crippen LogP) is 2.64. The zero-order valence-electron chi connectivity index (χ0n) is 15.1. The molecule has 0 fully saturated rings. The lowest BCUT2D eigenvalue weighted by atomic mass is 10.1. The van der Waals surface area contributed by atoms with Gasteiger partial charge in [0.05, 0.1) is 18.8 Å². The normalized spacial score (nSPS) is 14.3. The number of amides is 2. The van der Waals surface area contributed by atoms with Gasteiger partial charge in [-0.3, -0.25) is 14.5 Å². The van der Waals surface area contributed by atoms with Gasteiger partial charge in [0, 0.05) is 12.6 Å². The monoisotopic (exact) mass is 354 g/mol. The van der Waals surface area contributed by atoms with Crippen LogP contribution in [0, 0.1) is 0 Å². The molecule has 26 heavy (non-hydrogen) atoms. The number of hydrogen-bond acceptors (Lipinski definition) is 4. The molecule has 0 spiro atoms. The van der Waals surface area contributed by atoms with Crippen LogP contribution in [-0.4, -0.2) is 44.0 Å². The predicted molar refractivity (Wildman–Crippen MR) is 98.5 cm³/mol. The minimum Gasteiger partial charge on any atom is -0.496 e. The molecular weight excluding hydrogens is 332 g/mol. The van der Waals surface area contributed by atoms with Crippen molar-refractivity contribution in [1.82, 2.24) is 4.90 Å². The SMILES string of the molecule is COc1ccccc1C(C)N(C)C(=O)CN1C(=O)COc2ccccc21. The van der Waals surface area contributed by atoms with E-state index in [1.165, 1.54) is 4.90 Å². The van der Waals surface area contributed by atoms with Gasteiger partial charge in [-0.1, -0.05) is 30.3 Å². The third-order valence-electron chi connectivity index (χ3n) is 4.66. The Balaban J connectivity index is 1.78. The van der Waals surface area contributed by atoms with Gasteiger partial charge in [0.25, 0.3) is 5.91 Å². The number of rotatable bonds is 5. The molecule has 6 nitrogen and oxygen atoms in total. The van der Waals surface area contributed by atoms with Crippen molar-refractivity contribution < 1.29 is 19.1 Å². The zero-order valence-corrected chi connectivity index (χ0v) is 15.1. The molecule has 0 radical (unpaired) electrons. The number of benzene rings is 2. The summed E-state index contributed by atoms with van der Waals surface area (Å²) in [6.45, 7) is 1.84. The van der Waals surface area contributed by atoms with Gasteiger partial charge in [-0.05, 0) is 25.1 Å². The molecule has 0 N–H and O–H groups in total.